The Bertz CT molecular complexity index is 603. The molecule has 0 saturated heterocycles. The number of nitrogens with one attached hydrogen (secondary N) is 1. The fourth-order valence-corrected chi connectivity index (χ4v) is 3.09. The van der Waals surface area contributed by atoms with Crippen LogP contribution < -0.4 is 10.5 Å². The fraction of sp³-hybridized carbons (Fsp3) is 0.364. The van der Waals surface area contributed by atoms with Crippen molar-refractivity contribution in [3.8, 4) is 6.07 Å². The van der Waals surface area contributed by atoms with Crippen molar-refractivity contribution in [1.82, 2.24) is 4.72 Å². The Morgan fingerprint density at radius 2 is 2.11 bits per heavy atom. The Hall–Kier alpha value is -1.49. The number of hydrogen-bond acceptors (Lipinski definition) is 4. The summed E-state index contributed by atoms with van der Waals surface area (Å²) in [5.41, 5.74) is 5.28. The van der Waals surface area contributed by atoms with Crippen molar-refractivity contribution in [3.05, 3.63) is 29.6 Å². The van der Waals surface area contributed by atoms with Crippen LogP contribution in [0.15, 0.2) is 23.1 Å². The van der Waals surface area contributed by atoms with Crippen molar-refractivity contribution < 1.29 is 12.8 Å². The highest BCUT2D eigenvalue weighted by Gasteiger charge is 2.30. The first-order chi connectivity index (χ1) is 8.42. The molecular weight excluding hydrogens is 257 g/mol. The van der Waals surface area contributed by atoms with Gasteiger partial charge in [-0.3, -0.25) is 0 Å². The van der Waals surface area contributed by atoms with Gasteiger partial charge in [0.2, 0.25) is 10.0 Å². The second-order valence-corrected chi connectivity index (χ2v) is 6.02. The number of nitriles is 1. The smallest absolute Gasteiger partial charge is 0.240 e. The monoisotopic (exact) mass is 269 g/mol. The molecular formula is C11H12FN3O2S. The molecule has 0 aromatic heterocycles. The van der Waals surface area contributed by atoms with Gasteiger partial charge in [0, 0.05) is 12.1 Å². The van der Waals surface area contributed by atoms with E-state index in [1.807, 2.05) is 0 Å². The summed E-state index contributed by atoms with van der Waals surface area (Å²) in [6, 6.07) is 4.59. The molecule has 18 heavy (non-hydrogen) atoms. The molecule has 0 atom stereocenters. The molecule has 0 unspecified atom stereocenters. The molecule has 7 heteroatoms. The number of nitrogens with zero attached hydrogens (tertiary/aromatic N) is 1. The van der Waals surface area contributed by atoms with Gasteiger partial charge in [-0.15, -0.1) is 0 Å². The molecule has 96 valence electrons. The lowest BCUT2D eigenvalue weighted by Crippen LogP contribution is -2.50. The summed E-state index contributed by atoms with van der Waals surface area (Å²) in [7, 11) is -3.72. The third-order valence-electron chi connectivity index (χ3n) is 2.86. The molecule has 5 nitrogen and oxygen atoms in total. The van der Waals surface area contributed by atoms with Crippen molar-refractivity contribution in [2.24, 2.45) is 5.73 Å². The lowest BCUT2D eigenvalue weighted by molar-refractivity contribution is 0.327. The average molecular weight is 269 g/mol. The van der Waals surface area contributed by atoms with Crippen molar-refractivity contribution in [3.63, 3.8) is 0 Å². The first kappa shape index (κ1) is 13.0. The second-order valence-electron chi connectivity index (χ2n) is 4.30. The number of halogens is 1. The minimum absolute atomic E-state index is 0.0283. The predicted octanol–water partition coefficient (Wildman–Crippen LogP) is 0.465. The van der Waals surface area contributed by atoms with E-state index in [1.54, 1.807) is 6.07 Å². The van der Waals surface area contributed by atoms with Crippen molar-refractivity contribution in [2.45, 2.75) is 29.8 Å². The van der Waals surface area contributed by atoms with E-state index < -0.39 is 15.8 Å². The van der Waals surface area contributed by atoms with Crippen LogP contribution in [0.25, 0.3) is 0 Å². The molecule has 0 heterocycles. The van der Waals surface area contributed by atoms with Gasteiger partial charge < -0.3 is 5.73 Å². The number of nitrogens with two attached hydrogens (primary N) is 1. The van der Waals surface area contributed by atoms with Crippen LogP contribution in [0.2, 0.25) is 0 Å². The zero-order chi connectivity index (χ0) is 13.3. The van der Waals surface area contributed by atoms with Gasteiger partial charge in [-0.05, 0) is 31.0 Å². The Balaban J connectivity index is 2.22. The fourth-order valence-electron chi connectivity index (χ4n) is 1.80. The number of rotatable bonds is 3. The molecule has 0 amide bonds. The highest BCUT2D eigenvalue weighted by molar-refractivity contribution is 7.89. The van der Waals surface area contributed by atoms with Gasteiger partial charge in [-0.2, -0.15) is 5.26 Å². The second kappa shape index (κ2) is 4.65. The van der Waals surface area contributed by atoms with Gasteiger partial charge in [-0.1, -0.05) is 0 Å². The summed E-state index contributed by atoms with van der Waals surface area (Å²) in [5.74, 6) is -0.734. The third-order valence-corrected chi connectivity index (χ3v) is 4.38. The molecule has 3 N–H and O–H groups in total. The Morgan fingerprint density at radius 1 is 1.44 bits per heavy atom. The molecule has 1 fully saturated rings. The standard InChI is InChI=1S/C11H12FN3O2S/c12-11-2-1-10(3-7(11)6-13)18(16,17)15-9-4-8(14)5-9/h1-3,8-9,15H,4-5,14H2. The lowest BCUT2D eigenvalue weighted by Gasteiger charge is -2.32. The van der Waals surface area contributed by atoms with Gasteiger partial charge >= 0.3 is 0 Å². The van der Waals surface area contributed by atoms with Crippen LogP contribution in [0, 0.1) is 17.1 Å². The van der Waals surface area contributed by atoms with E-state index in [4.69, 9.17) is 11.0 Å². The molecule has 1 aliphatic rings. The highest BCUT2D eigenvalue weighted by Crippen LogP contribution is 2.21. The summed E-state index contributed by atoms with van der Waals surface area (Å²) in [5, 5.41) is 8.66. The maximum Gasteiger partial charge on any atom is 0.240 e. The molecule has 1 saturated carbocycles. The number of hydrogen-bond donors (Lipinski definition) is 2. The molecule has 1 aliphatic carbocycles. The van der Waals surface area contributed by atoms with E-state index in [0.717, 1.165) is 18.2 Å². The zero-order valence-corrected chi connectivity index (χ0v) is 10.2. The van der Waals surface area contributed by atoms with Crippen LogP contribution in [-0.4, -0.2) is 20.5 Å². The molecule has 0 radical (unpaired) electrons. The maximum atomic E-state index is 13.1. The van der Waals surface area contributed by atoms with Crippen LogP contribution in [0.5, 0.6) is 0 Å². The third kappa shape index (κ3) is 2.51. The first-order valence-electron chi connectivity index (χ1n) is 5.40. The molecule has 2 rings (SSSR count). The van der Waals surface area contributed by atoms with E-state index in [1.165, 1.54) is 0 Å². The van der Waals surface area contributed by atoms with Crippen molar-refractivity contribution in [2.75, 3.05) is 0 Å². The van der Waals surface area contributed by atoms with Gasteiger partial charge in [0.25, 0.3) is 0 Å². The molecule has 0 spiro atoms. The summed E-state index contributed by atoms with van der Waals surface area (Å²) in [4.78, 5) is -0.110. The molecule has 1 aromatic carbocycles. The Labute approximate surface area is 104 Å². The average Bonchev–Trinajstić information content (AvgIpc) is 2.27. The normalized spacial score (nSPS) is 23.2. The quantitative estimate of drug-likeness (QED) is 0.833. The van der Waals surface area contributed by atoms with E-state index in [9.17, 15) is 12.8 Å². The van der Waals surface area contributed by atoms with Crippen LogP contribution in [-0.2, 0) is 10.0 Å². The maximum absolute atomic E-state index is 13.1. The van der Waals surface area contributed by atoms with E-state index in [-0.39, 0.29) is 22.5 Å². The van der Waals surface area contributed by atoms with Crippen molar-refractivity contribution in [1.29, 1.82) is 5.26 Å². The van der Waals surface area contributed by atoms with Crippen LogP contribution >= 0.6 is 0 Å². The van der Waals surface area contributed by atoms with E-state index in [0.29, 0.717) is 12.8 Å². The van der Waals surface area contributed by atoms with Crippen LogP contribution in [0.4, 0.5) is 4.39 Å². The number of sulfonamides is 1. The molecule has 0 bridgehead atoms. The Kier molecular flexibility index (Phi) is 3.34. The summed E-state index contributed by atoms with van der Waals surface area (Å²) in [6.45, 7) is 0. The van der Waals surface area contributed by atoms with Crippen LogP contribution in [0.3, 0.4) is 0 Å². The SMILES string of the molecule is N#Cc1cc(S(=O)(=O)NC2CC(N)C2)ccc1F. The molecule has 0 aliphatic heterocycles. The predicted molar refractivity (Wildman–Crippen MR) is 62.4 cm³/mol. The van der Waals surface area contributed by atoms with Gasteiger partial charge in [-0.25, -0.2) is 17.5 Å². The topological polar surface area (TPSA) is 96.0 Å². The molecule has 1 aromatic rings. The van der Waals surface area contributed by atoms with Gasteiger partial charge in [0.05, 0.1) is 10.5 Å². The van der Waals surface area contributed by atoms with Crippen molar-refractivity contribution >= 4 is 10.0 Å². The Morgan fingerprint density at radius 3 is 2.67 bits per heavy atom. The van der Waals surface area contributed by atoms with Gasteiger partial charge in [0.1, 0.15) is 11.9 Å². The summed E-state index contributed by atoms with van der Waals surface area (Å²) >= 11 is 0. The summed E-state index contributed by atoms with van der Waals surface area (Å²) < 4.78 is 39.4. The highest BCUT2D eigenvalue weighted by atomic mass is 32.2. The zero-order valence-electron chi connectivity index (χ0n) is 9.43. The lowest BCUT2D eigenvalue weighted by atomic mass is 9.89. The largest absolute Gasteiger partial charge is 0.328 e. The van der Waals surface area contributed by atoms with E-state index in [2.05, 4.69) is 4.72 Å². The van der Waals surface area contributed by atoms with Crippen LogP contribution in [0.1, 0.15) is 18.4 Å². The minimum Gasteiger partial charge on any atom is -0.328 e. The van der Waals surface area contributed by atoms with E-state index >= 15 is 0 Å². The minimum atomic E-state index is -3.72. The number of benzene rings is 1. The first-order valence-corrected chi connectivity index (χ1v) is 6.88. The summed E-state index contributed by atoms with van der Waals surface area (Å²) in [6.07, 6.45) is 1.18. The van der Waals surface area contributed by atoms with Gasteiger partial charge in [0.15, 0.2) is 0 Å².